The Hall–Kier alpha value is -2.17. The van der Waals surface area contributed by atoms with Crippen LogP contribution >= 0.6 is 0 Å². The number of benzene rings is 1. The third-order valence-corrected chi connectivity index (χ3v) is 2.82. The van der Waals surface area contributed by atoms with Crippen LogP contribution in [-0.4, -0.2) is 16.9 Å². The molecule has 1 aromatic carbocycles. The summed E-state index contributed by atoms with van der Waals surface area (Å²) in [6.45, 7) is 4.74. The highest BCUT2D eigenvalue weighted by Gasteiger charge is 2.14. The molecule has 0 radical (unpaired) electrons. The maximum absolute atomic E-state index is 6.01. The highest BCUT2D eigenvalue weighted by molar-refractivity contribution is 5.54. The average Bonchev–Trinajstić information content (AvgIpc) is 2.67. The van der Waals surface area contributed by atoms with Crippen molar-refractivity contribution in [2.24, 2.45) is 0 Å². The van der Waals surface area contributed by atoms with Crippen molar-refractivity contribution in [3.05, 3.63) is 30.0 Å². The van der Waals surface area contributed by atoms with Crippen LogP contribution < -0.4 is 15.2 Å². The first-order valence-corrected chi connectivity index (χ1v) is 6.30. The van der Waals surface area contributed by atoms with Gasteiger partial charge in [-0.05, 0) is 25.5 Å². The number of nitrogens with zero attached hydrogens (tertiary/aromatic N) is 2. The molecule has 102 valence electrons. The van der Waals surface area contributed by atoms with Crippen molar-refractivity contribution < 1.29 is 9.47 Å². The van der Waals surface area contributed by atoms with Gasteiger partial charge < -0.3 is 15.2 Å². The lowest BCUT2D eigenvalue weighted by Gasteiger charge is -2.09. The summed E-state index contributed by atoms with van der Waals surface area (Å²) in [4.78, 5) is 0. The lowest BCUT2D eigenvalue weighted by Crippen LogP contribution is -2.02. The lowest BCUT2D eigenvalue weighted by molar-refractivity contribution is 0.395. The number of hydrogen-bond acceptors (Lipinski definition) is 4. The van der Waals surface area contributed by atoms with Gasteiger partial charge in [-0.1, -0.05) is 13.0 Å². The molecule has 2 rings (SSSR count). The molecule has 0 amide bonds. The summed E-state index contributed by atoms with van der Waals surface area (Å²) in [6, 6.07) is 7.42. The van der Waals surface area contributed by atoms with Gasteiger partial charge in [0, 0.05) is 12.6 Å². The van der Waals surface area contributed by atoms with Gasteiger partial charge in [0.2, 0.25) is 5.88 Å². The van der Waals surface area contributed by atoms with Gasteiger partial charge in [-0.3, -0.25) is 0 Å². The minimum Gasteiger partial charge on any atom is -0.497 e. The number of nitrogens with two attached hydrogens (primary N) is 1. The summed E-state index contributed by atoms with van der Waals surface area (Å²) in [5, 5.41) is 4.37. The second-order valence-electron chi connectivity index (χ2n) is 4.31. The molecule has 0 atom stereocenters. The van der Waals surface area contributed by atoms with E-state index in [1.165, 1.54) is 0 Å². The van der Waals surface area contributed by atoms with E-state index < -0.39 is 0 Å². The number of nitrogen functional groups attached to an aromatic ring is 1. The van der Waals surface area contributed by atoms with Gasteiger partial charge in [-0.15, -0.1) is 0 Å². The Labute approximate surface area is 112 Å². The number of methoxy groups -OCH3 is 1. The second-order valence-corrected chi connectivity index (χ2v) is 4.31. The number of ether oxygens (including phenoxy) is 2. The second kappa shape index (κ2) is 5.65. The number of aromatic nitrogens is 2. The lowest BCUT2D eigenvalue weighted by atomic mass is 10.3. The summed E-state index contributed by atoms with van der Waals surface area (Å²) < 4.78 is 12.8. The zero-order valence-corrected chi connectivity index (χ0v) is 11.5. The Bertz CT molecular complexity index is 564. The Kier molecular flexibility index (Phi) is 3.94. The zero-order valence-electron chi connectivity index (χ0n) is 11.5. The van der Waals surface area contributed by atoms with E-state index in [4.69, 9.17) is 15.2 Å². The van der Waals surface area contributed by atoms with Crippen molar-refractivity contribution in [1.82, 2.24) is 9.78 Å². The van der Waals surface area contributed by atoms with Gasteiger partial charge in [-0.25, -0.2) is 4.68 Å². The average molecular weight is 261 g/mol. The van der Waals surface area contributed by atoms with Gasteiger partial charge in [0.1, 0.15) is 17.2 Å². The van der Waals surface area contributed by atoms with Crippen molar-refractivity contribution in [2.45, 2.75) is 26.8 Å². The molecule has 0 bridgehead atoms. The molecule has 0 saturated carbocycles. The Morgan fingerprint density at radius 1 is 1.32 bits per heavy atom. The molecular formula is C14H19N3O2. The highest BCUT2D eigenvalue weighted by atomic mass is 16.5. The Morgan fingerprint density at radius 3 is 2.74 bits per heavy atom. The molecule has 0 fully saturated rings. The predicted molar refractivity (Wildman–Crippen MR) is 74.7 cm³/mol. The van der Waals surface area contributed by atoms with Gasteiger partial charge in [-0.2, -0.15) is 5.10 Å². The molecule has 5 nitrogen and oxygen atoms in total. The van der Waals surface area contributed by atoms with Crippen LogP contribution in [0.3, 0.4) is 0 Å². The number of hydrogen-bond donors (Lipinski definition) is 1. The summed E-state index contributed by atoms with van der Waals surface area (Å²) in [6.07, 6.45) is 0.967. The van der Waals surface area contributed by atoms with Gasteiger partial charge in [0.25, 0.3) is 0 Å². The van der Waals surface area contributed by atoms with Crippen molar-refractivity contribution in [2.75, 3.05) is 12.8 Å². The molecule has 0 spiro atoms. The Morgan fingerprint density at radius 2 is 2.05 bits per heavy atom. The van der Waals surface area contributed by atoms with E-state index in [1.54, 1.807) is 11.8 Å². The van der Waals surface area contributed by atoms with E-state index in [0.29, 0.717) is 17.3 Å². The van der Waals surface area contributed by atoms with Crippen LogP contribution in [0, 0.1) is 6.92 Å². The first-order chi connectivity index (χ1) is 9.15. The van der Waals surface area contributed by atoms with Crippen LogP contribution in [0.25, 0.3) is 0 Å². The normalized spacial score (nSPS) is 10.5. The maximum Gasteiger partial charge on any atom is 0.241 e. The molecule has 0 aliphatic heterocycles. The first kappa shape index (κ1) is 13.3. The van der Waals surface area contributed by atoms with Crippen LogP contribution in [0.1, 0.15) is 19.0 Å². The van der Waals surface area contributed by atoms with Crippen molar-refractivity contribution in [3.63, 3.8) is 0 Å². The van der Waals surface area contributed by atoms with E-state index in [9.17, 15) is 0 Å². The smallest absolute Gasteiger partial charge is 0.241 e. The van der Waals surface area contributed by atoms with E-state index in [1.807, 2.05) is 31.2 Å². The summed E-state index contributed by atoms with van der Waals surface area (Å²) in [5.41, 5.74) is 7.38. The third kappa shape index (κ3) is 2.81. The monoisotopic (exact) mass is 261 g/mol. The van der Waals surface area contributed by atoms with Crippen molar-refractivity contribution in [1.29, 1.82) is 0 Å². The van der Waals surface area contributed by atoms with E-state index in [2.05, 4.69) is 12.0 Å². The molecule has 5 heteroatoms. The van der Waals surface area contributed by atoms with Crippen LogP contribution in [0.4, 0.5) is 5.69 Å². The summed E-state index contributed by atoms with van der Waals surface area (Å²) >= 11 is 0. The predicted octanol–water partition coefficient (Wildman–Crippen LogP) is 2.98. The standard InChI is InChI=1S/C14H19N3O2/c1-4-8-17-14(13(15)10(2)16-17)19-12-7-5-6-11(9-12)18-3/h5-7,9H,4,8,15H2,1-3H3. The topological polar surface area (TPSA) is 62.3 Å². The third-order valence-electron chi connectivity index (χ3n) is 2.82. The van der Waals surface area contributed by atoms with E-state index >= 15 is 0 Å². The molecule has 19 heavy (non-hydrogen) atoms. The van der Waals surface area contributed by atoms with Gasteiger partial charge in [0.15, 0.2) is 0 Å². The minimum atomic E-state index is 0.580. The molecular weight excluding hydrogens is 242 g/mol. The molecule has 0 unspecified atom stereocenters. The quantitative estimate of drug-likeness (QED) is 0.898. The summed E-state index contributed by atoms with van der Waals surface area (Å²) in [7, 11) is 1.62. The molecule has 0 saturated heterocycles. The minimum absolute atomic E-state index is 0.580. The molecule has 1 aromatic heterocycles. The van der Waals surface area contributed by atoms with Crippen LogP contribution in [-0.2, 0) is 6.54 Å². The molecule has 2 aromatic rings. The number of aryl methyl sites for hydroxylation is 2. The largest absolute Gasteiger partial charge is 0.497 e. The SMILES string of the molecule is CCCn1nc(C)c(N)c1Oc1cccc(OC)c1. The van der Waals surface area contributed by atoms with E-state index in [-0.39, 0.29) is 0 Å². The number of anilines is 1. The van der Waals surface area contributed by atoms with Crippen LogP contribution in [0.15, 0.2) is 24.3 Å². The highest BCUT2D eigenvalue weighted by Crippen LogP contribution is 2.31. The first-order valence-electron chi connectivity index (χ1n) is 6.30. The molecule has 2 N–H and O–H groups in total. The molecule has 0 aliphatic rings. The maximum atomic E-state index is 6.01. The van der Waals surface area contributed by atoms with Gasteiger partial charge >= 0.3 is 0 Å². The van der Waals surface area contributed by atoms with Crippen LogP contribution in [0.2, 0.25) is 0 Å². The number of rotatable bonds is 5. The fraction of sp³-hybridized carbons (Fsp3) is 0.357. The Balaban J connectivity index is 2.31. The van der Waals surface area contributed by atoms with Crippen molar-refractivity contribution in [3.8, 4) is 17.4 Å². The van der Waals surface area contributed by atoms with Crippen molar-refractivity contribution >= 4 is 5.69 Å². The zero-order chi connectivity index (χ0) is 13.8. The molecule has 1 heterocycles. The van der Waals surface area contributed by atoms with E-state index in [0.717, 1.165) is 24.4 Å². The fourth-order valence-electron chi connectivity index (χ4n) is 1.82. The van der Waals surface area contributed by atoms with Gasteiger partial charge in [0.05, 0.1) is 12.8 Å². The molecule has 0 aliphatic carbocycles. The fourth-order valence-corrected chi connectivity index (χ4v) is 1.82. The summed E-state index contributed by atoms with van der Waals surface area (Å²) in [5.74, 6) is 2.02. The van der Waals surface area contributed by atoms with Crippen LogP contribution in [0.5, 0.6) is 17.4 Å².